The monoisotopic (exact) mass is 206 g/mol. The van der Waals surface area contributed by atoms with E-state index in [9.17, 15) is 4.57 Å². The van der Waals surface area contributed by atoms with Crippen molar-refractivity contribution in [1.29, 1.82) is 0 Å². The van der Waals surface area contributed by atoms with E-state index < -0.39 is 7.60 Å². The van der Waals surface area contributed by atoms with Gasteiger partial charge in [0.1, 0.15) is 0 Å². The molecular weight excluding hydrogens is 187 g/mol. The molecule has 0 radical (unpaired) electrons. The number of rotatable bonds is 3. The molecule has 0 unspecified atom stereocenters. The highest BCUT2D eigenvalue weighted by atomic mass is 31.2. The van der Waals surface area contributed by atoms with Crippen LogP contribution in [0.1, 0.15) is 32.6 Å². The molecule has 0 aromatic heterocycles. The van der Waals surface area contributed by atoms with Gasteiger partial charge in [0.25, 0.3) is 0 Å². The Balaban J connectivity index is 2.56. The van der Waals surface area contributed by atoms with Crippen LogP contribution in [0.5, 0.6) is 0 Å². The molecule has 1 aliphatic rings. The summed E-state index contributed by atoms with van der Waals surface area (Å²) in [5.74, 6) is 0.762. The molecule has 13 heavy (non-hydrogen) atoms. The molecule has 0 spiro atoms. The highest BCUT2D eigenvalue weighted by Gasteiger charge is 2.35. The van der Waals surface area contributed by atoms with Crippen molar-refractivity contribution in [2.24, 2.45) is 5.92 Å². The summed E-state index contributed by atoms with van der Waals surface area (Å²) < 4.78 is 22.0. The van der Waals surface area contributed by atoms with Gasteiger partial charge in [-0.2, -0.15) is 0 Å². The Hall–Kier alpha value is 0.150. The van der Waals surface area contributed by atoms with E-state index in [4.69, 9.17) is 9.05 Å². The van der Waals surface area contributed by atoms with Crippen LogP contribution in [0, 0.1) is 5.92 Å². The van der Waals surface area contributed by atoms with Crippen LogP contribution in [0.3, 0.4) is 0 Å². The molecule has 0 atom stereocenters. The maximum Gasteiger partial charge on any atom is 0.333 e. The van der Waals surface area contributed by atoms with Gasteiger partial charge < -0.3 is 9.05 Å². The molecule has 0 amide bonds. The average molecular weight is 206 g/mol. The maximum atomic E-state index is 12.0. The molecule has 0 N–H and O–H groups in total. The van der Waals surface area contributed by atoms with Crippen molar-refractivity contribution in [3.8, 4) is 0 Å². The second kappa shape index (κ2) is 4.59. The predicted molar refractivity (Wildman–Crippen MR) is 53.0 cm³/mol. The first kappa shape index (κ1) is 11.2. The third kappa shape index (κ3) is 2.55. The fraction of sp³-hybridized carbons (Fsp3) is 1.00. The van der Waals surface area contributed by atoms with Crippen molar-refractivity contribution in [3.05, 3.63) is 0 Å². The van der Waals surface area contributed by atoms with Crippen LogP contribution in [0.4, 0.5) is 0 Å². The van der Waals surface area contributed by atoms with Crippen molar-refractivity contribution in [3.63, 3.8) is 0 Å². The van der Waals surface area contributed by atoms with Crippen molar-refractivity contribution in [1.82, 2.24) is 0 Å². The predicted octanol–water partition coefficient (Wildman–Crippen LogP) is 3.05. The summed E-state index contributed by atoms with van der Waals surface area (Å²) >= 11 is 0. The number of hydrogen-bond acceptors (Lipinski definition) is 3. The van der Waals surface area contributed by atoms with E-state index in [1.807, 2.05) is 0 Å². The van der Waals surface area contributed by atoms with E-state index in [2.05, 4.69) is 6.92 Å². The van der Waals surface area contributed by atoms with E-state index in [-0.39, 0.29) is 5.66 Å². The van der Waals surface area contributed by atoms with Gasteiger partial charge in [0, 0.05) is 14.2 Å². The third-order valence-electron chi connectivity index (χ3n) is 2.94. The lowest BCUT2D eigenvalue weighted by atomic mass is 9.91. The summed E-state index contributed by atoms with van der Waals surface area (Å²) in [7, 11) is 0.166. The Morgan fingerprint density at radius 3 is 1.92 bits per heavy atom. The first-order valence-corrected chi connectivity index (χ1v) is 6.44. The molecule has 1 rings (SSSR count). The number of hydrogen-bond donors (Lipinski definition) is 0. The quantitative estimate of drug-likeness (QED) is 0.666. The SMILES string of the molecule is COP(=O)(OC)C1CCC(C)CC1. The summed E-state index contributed by atoms with van der Waals surface area (Å²) in [6.07, 6.45) is 4.23. The zero-order valence-corrected chi connectivity index (χ0v) is 9.55. The maximum absolute atomic E-state index is 12.0. The van der Waals surface area contributed by atoms with Crippen molar-refractivity contribution in [2.45, 2.75) is 38.3 Å². The molecule has 4 heteroatoms. The van der Waals surface area contributed by atoms with Crippen molar-refractivity contribution >= 4 is 7.60 Å². The molecule has 0 aromatic rings. The second-order valence-electron chi connectivity index (χ2n) is 3.82. The molecule has 78 valence electrons. The lowest BCUT2D eigenvalue weighted by Crippen LogP contribution is -2.18. The Morgan fingerprint density at radius 1 is 1.08 bits per heavy atom. The van der Waals surface area contributed by atoms with Crippen LogP contribution in [-0.2, 0) is 13.6 Å². The van der Waals surface area contributed by atoms with Gasteiger partial charge in [-0.15, -0.1) is 0 Å². The Bertz CT molecular complexity index is 189. The second-order valence-corrected chi connectivity index (χ2v) is 6.36. The van der Waals surface area contributed by atoms with Crippen LogP contribution in [0.25, 0.3) is 0 Å². The fourth-order valence-corrected chi connectivity index (χ4v) is 3.61. The van der Waals surface area contributed by atoms with Gasteiger partial charge in [0.15, 0.2) is 0 Å². The minimum atomic E-state index is -2.78. The van der Waals surface area contributed by atoms with Crippen LogP contribution >= 0.6 is 7.60 Å². The van der Waals surface area contributed by atoms with Crippen LogP contribution in [-0.4, -0.2) is 19.9 Å². The lowest BCUT2D eigenvalue weighted by molar-refractivity contribution is 0.248. The normalized spacial score (nSPS) is 30.4. The van der Waals surface area contributed by atoms with Gasteiger partial charge in [-0.25, -0.2) is 0 Å². The molecule has 1 aliphatic carbocycles. The highest BCUT2D eigenvalue weighted by molar-refractivity contribution is 7.54. The van der Waals surface area contributed by atoms with E-state index in [1.54, 1.807) is 0 Å². The fourth-order valence-electron chi connectivity index (χ4n) is 1.93. The highest BCUT2D eigenvalue weighted by Crippen LogP contribution is 2.56. The standard InChI is InChI=1S/C9H19O3P/c1-8-4-6-9(7-5-8)13(10,11-2)12-3/h8-9H,4-7H2,1-3H3. The first-order valence-electron chi connectivity index (χ1n) is 4.83. The Morgan fingerprint density at radius 2 is 1.54 bits per heavy atom. The molecule has 3 nitrogen and oxygen atoms in total. The van der Waals surface area contributed by atoms with Gasteiger partial charge >= 0.3 is 7.60 Å². The molecule has 0 heterocycles. The summed E-state index contributed by atoms with van der Waals surface area (Å²) in [6, 6.07) is 0. The first-order chi connectivity index (χ1) is 6.12. The molecule has 0 aliphatic heterocycles. The summed E-state index contributed by atoms with van der Waals surface area (Å²) in [4.78, 5) is 0. The zero-order chi connectivity index (χ0) is 9.90. The van der Waals surface area contributed by atoms with Crippen molar-refractivity contribution in [2.75, 3.05) is 14.2 Å². The smallest absolute Gasteiger partial charge is 0.312 e. The molecule has 0 saturated heterocycles. The minimum Gasteiger partial charge on any atom is -0.312 e. The summed E-state index contributed by atoms with van der Waals surface area (Å²) in [6.45, 7) is 2.24. The van der Waals surface area contributed by atoms with Gasteiger partial charge in [-0.05, 0) is 31.6 Å². The van der Waals surface area contributed by atoms with Crippen LogP contribution in [0.2, 0.25) is 0 Å². The lowest BCUT2D eigenvalue weighted by Gasteiger charge is -2.30. The molecule has 0 aromatic carbocycles. The van der Waals surface area contributed by atoms with E-state index in [0.717, 1.165) is 31.6 Å². The van der Waals surface area contributed by atoms with Crippen LogP contribution in [0.15, 0.2) is 0 Å². The summed E-state index contributed by atoms with van der Waals surface area (Å²) in [5, 5.41) is 0. The third-order valence-corrected chi connectivity index (χ3v) is 5.37. The van der Waals surface area contributed by atoms with Gasteiger partial charge in [-0.3, -0.25) is 4.57 Å². The zero-order valence-electron chi connectivity index (χ0n) is 8.66. The Labute approximate surface area is 80.3 Å². The summed E-state index contributed by atoms with van der Waals surface area (Å²) in [5.41, 5.74) is 0.124. The minimum absolute atomic E-state index is 0.124. The molecule has 1 fully saturated rings. The van der Waals surface area contributed by atoms with Gasteiger partial charge in [-0.1, -0.05) is 6.92 Å². The molecule has 0 bridgehead atoms. The van der Waals surface area contributed by atoms with Gasteiger partial charge in [0.05, 0.1) is 5.66 Å². The molecule has 1 saturated carbocycles. The van der Waals surface area contributed by atoms with E-state index in [0.29, 0.717) is 0 Å². The van der Waals surface area contributed by atoms with Gasteiger partial charge in [0.2, 0.25) is 0 Å². The van der Waals surface area contributed by atoms with Crippen molar-refractivity contribution < 1.29 is 13.6 Å². The molecular formula is C9H19O3P. The topological polar surface area (TPSA) is 35.5 Å². The van der Waals surface area contributed by atoms with E-state index >= 15 is 0 Å². The van der Waals surface area contributed by atoms with E-state index in [1.165, 1.54) is 14.2 Å². The van der Waals surface area contributed by atoms with Crippen LogP contribution < -0.4 is 0 Å². The largest absolute Gasteiger partial charge is 0.333 e. The Kier molecular flexibility index (Phi) is 3.96. The average Bonchev–Trinajstić information content (AvgIpc) is 2.18.